The Kier molecular flexibility index (Phi) is 4.18. The Balaban J connectivity index is 2.19. The standard InChI is InChI=1S/C15H19F2N3/c1-9(12-8-18-20(4)11(12)3)19-10(2)15-13(16)6-5-7-14(15)17/h5-10,19H,1-4H3. The largest absolute Gasteiger partial charge is 0.303 e. The van der Waals surface area contributed by atoms with Gasteiger partial charge in [0.25, 0.3) is 0 Å². The van der Waals surface area contributed by atoms with Crippen molar-refractivity contribution < 1.29 is 8.78 Å². The number of halogens is 2. The van der Waals surface area contributed by atoms with Crippen molar-refractivity contribution in [3.63, 3.8) is 0 Å². The monoisotopic (exact) mass is 279 g/mol. The van der Waals surface area contributed by atoms with Crippen LogP contribution in [0.3, 0.4) is 0 Å². The number of benzene rings is 1. The predicted octanol–water partition coefficient (Wildman–Crippen LogP) is 3.42. The lowest BCUT2D eigenvalue weighted by Gasteiger charge is -2.21. The van der Waals surface area contributed by atoms with Crippen molar-refractivity contribution in [1.82, 2.24) is 15.1 Å². The summed E-state index contributed by atoms with van der Waals surface area (Å²) in [6.07, 6.45) is 1.78. The summed E-state index contributed by atoms with van der Waals surface area (Å²) in [5, 5.41) is 7.40. The Bertz CT molecular complexity index is 587. The van der Waals surface area contributed by atoms with Gasteiger partial charge in [-0.25, -0.2) is 8.78 Å². The summed E-state index contributed by atoms with van der Waals surface area (Å²) in [6, 6.07) is 3.45. The van der Waals surface area contributed by atoms with Crippen LogP contribution in [0.15, 0.2) is 24.4 Å². The maximum Gasteiger partial charge on any atom is 0.130 e. The van der Waals surface area contributed by atoms with Crippen LogP contribution in [0.5, 0.6) is 0 Å². The topological polar surface area (TPSA) is 29.9 Å². The molecule has 1 aromatic heterocycles. The van der Waals surface area contributed by atoms with Crippen molar-refractivity contribution in [1.29, 1.82) is 0 Å². The molecule has 0 fully saturated rings. The number of hydrogen-bond acceptors (Lipinski definition) is 2. The molecule has 0 aliphatic rings. The summed E-state index contributed by atoms with van der Waals surface area (Å²) in [4.78, 5) is 0. The molecule has 2 aromatic rings. The zero-order valence-corrected chi connectivity index (χ0v) is 12.1. The van der Waals surface area contributed by atoms with Crippen LogP contribution in [-0.2, 0) is 7.05 Å². The third-order valence-corrected chi connectivity index (χ3v) is 3.67. The lowest BCUT2D eigenvalue weighted by Crippen LogP contribution is -2.24. The highest BCUT2D eigenvalue weighted by Gasteiger charge is 2.20. The maximum atomic E-state index is 13.7. The number of aromatic nitrogens is 2. The van der Waals surface area contributed by atoms with Crippen LogP contribution < -0.4 is 5.32 Å². The van der Waals surface area contributed by atoms with Gasteiger partial charge in [-0.05, 0) is 32.9 Å². The molecule has 3 nitrogen and oxygen atoms in total. The molecule has 2 rings (SSSR count). The molecule has 1 heterocycles. The first-order valence-corrected chi connectivity index (χ1v) is 6.60. The van der Waals surface area contributed by atoms with Gasteiger partial charge in [-0.15, -0.1) is 0 Å². The highest BCUT2D eigenvalue weighted by Crippen LogP contribution is 2.24. The molecule has 0 saturated heterocycles. The summed E-state index contributed by atoms with van der Waals surface area (Å²) >= 11 is 0. The third-order valence-electron chi connectivity index (χ3n) is 3.67. The molecule has 20 heavy (non-hydrogen) atoms. The number of nitrogens with zero attached hydrogens (tertiary/aromatic N) is 2. The van der Waals surface area contributed by atoms with E-state index in [0.29, 0.717) is 0 Å². The van der Waals surface area contributed by atoms with Crippen LogP contribution >= 0.6 is 0 Å². The number of rotatable bonds is 4. The molecule has 2 unspecified atom stereocenters. The molecule has 0 spiro atoms. The van der Waals surface area contributed by atoms with E-state index < -0.39 is 17.7 Å². The van der Waals surface area contributed by atoms with Crippen LogP contribution in [-0.4, -0.2) is 9.78 Å². The lowest BCUT2D eigenvalue weighted by atomic mass is 10.0. The molecule has 0 aliphatic carbocycles. The van der Waals surface area contributed by atoms with E-state index in [4.69, 9.17) is 0 Å². The van der Waals surface area contributed by atoms with E-state index in [1.807, 2.05) is 20.9 Å². The van der Waals surface area contributed by atoms with Gasteiger partial charge in [-0.1, -0.05) is 6.07 Å². The fourth-order valence-electron chi connectivity index (χ4n) is 2.41. The molecule has 0 aliphatic heterocycles. The number of hydrogen-bond donors (Lipinski definition) is 1. The van der Waals surface area contributed by atoms with Crippen LogP contribution in [0, 0.1) is 18.6 Å². The number of aryl methyl sites for hydroxylation is 1. The fourth-order valence-corrected chi connectivity index (χ4v) is 2.41. The summed E-state index contributed by atoms with van der Waals surface area (Å²) in [5.41, 5.74) is 2.13. The van der Waals surface area contributed by atoms with Gasteiger partial charge >= 0.3 is 0 Å². The van der Waals surface area contributed by atoms with E-state index >= 15 is 0 Å². The van der Waals surface area contributed by atoms with Crippen molar-refractivity contribution in [3.05, 3.63) is 52.9 Å². The molecule has 0 radical (unpaired) electrons. The van der Waals surface area contributed by atoms with Gasteiger partial charge in [0.1, 0.15) is 11.6 Å². The van der Waals surface area contributed by atoms with E-state index in [9.17, 15) is 8.78 Å². The summed E-state index contributed by atoms with van der Waals surface area (Å²) < 4.78 is 29.3. The SMILES string of the molecule is Cc1c(C(C)NC(C)c2c(F)cccc2F)cnn1C. The Hall–Kier alpha value is -1.75. The molecule has 0 bridgehead atoms. The molecule has 2 atom stereocenters. The Morgan fingerprint density at radius 2 is 1.75 bits per heavy atom. The third kappa shape index (κ3) is 2.72. The van der Waals surface area contributed by atoms with E-state index in [2.05, 4.69) is 10.4 Å². The van der Waals surface area contributed by atoms with Crippen molar-refractivity contribution in [2.45, 2.75) is 32.9 Å². The molecule has 0 saturated carbocycles. The summed E-state index contributed by atoms with van der Waals surface area (Å²) in [6.45, 7) is 5.68. The minimum absolute atomic E-state index is 0.0438. The van der Waals surface area contributed by atoms with Crippen LogP contribution in [0.4, 0.5) is 8.78 Å². The van der Waals surface area contributed by atoms with Gasteiger partial charge in [0.05, 0.1) is 6.20 Å². The molecule has 5 heteroatoms. The molecular weight excluding hydrogens is 260 g/mol. The van der Waals surface area contributed by atoms with Gasteiger partial charge < -0.3 is 5.32 Å². The normalized spacial score (nSPS) is 14.3. The van der Waals surface area contributed by atoms with Crippen molar-refractivity contribution in [2.24, 2.45) is 7.05 Å². The minimum atomic E-state index is -0.528. The average Bonchev–Trinajstić information content (AvgIpc) is 2.69. The van der Waals surface area contributed by atoms with Crippen molar-refractivity contribution in [2.75, 3.05) is 0 Å². The van der Waals surface area contributed by atoms with Gasteiger partial charge in [0.2, 0.25) is 0 Å². The molecule has 108 valence electrons. The quantitative estimate of drug-likeness (QED) is 0.929. The first kappa shape index (κ1) is 14.7. The highest BCUT2D eigenvalue weighted by molar-refractivity contribution is 5.25. The Morgan fingerprint density at radius 1 is 1.15 bits per heavy atom. The Labute approximate surface area is 117 Å². The molecule has 1 N–H and O–H groups in total. The minimum Gasteiger partial charge on any atom is -0.303 e. The van der Waals surface area contributed by atoms with E-state index in [0.717, 1.165) is 11.3 Å². The van der Waals surface area contributed by atoms with Crippen molar-refractivity contribution in [3.8, 4) is 0 Å². The first-order chi connectivity index (χ1) is 9.41. The summed E-state index contributed by atoms with van der Waals surface area (Å²) in [7, 11) is 1.87. The van der Waals surface area contributed by atoms with Gasteiger partial charge in [-0.2, -0.15) is 5.10 Å². The fraction of sp³-hybridized carbons (Fsp3) is 0.400. The van der Waals surface area contributed by atoms with E-state index in [-0.39, 0.29) is 11.6 Å². The van der Waals surface area contributed by atoms with Crippen LogP contribution in [0.2, 0.25) is 0 Å². The van der Waals surface area contributed by atoms with Crippen LogP contribution in [0.1, 0.15) is 42.8 Å². The predicted molar refractivity (Wildman–Crippen MR) is 74.3 cm³/mol. The van der Waals surface area contributed by atoms with Crippen LogP contribution in [0.25, 0.3) is 0 Å². The highest BCUT2D eigenvalue weighted by atomic mass is 19.1. The zero-order chi connectivity index (χ0) is 14.9. The Morgan fingerprint density at radius 3 is 2.25 bits per heavy atom. The van der Waals surface area contributed by atoms with E-state index in [1.165, 1.54) is 18.2 Å². The summed E-state index contributed by atoms with van der Waals surface area (Å²) in [5.74, 6) is -1.06. The zero-order valence-electron chi connectivity index (χ0n) is 12.1. The second kappa shape index (κ2) is 5.71. The van der Waals surface area contributed by atoms with Gasteiger partial charge in [0.15, 0.2) is 0 Å². The van der Waals surface area contributed by atoms with Gasteiger partial charge in [-0.3, -0.25) is 4.68 Å². The molecule has 0 amide bonds. The first-order valence-electron chi connectivity index (χ1n) is 6.60. The average molecular weight is 279 g/mol. The molecule has 1 aromatic carbocycles. The number of nitrogens with one attached hydrogen (secondary N) is 1. The molecular formula is C15H19F2N3. The second-order valence-corrected chi connectivity index (χ2v) is 5.05. The second-order valence-electron chi connectivity index (χ2n) is 5.05. The van der Waals surface area contributed by atoms with Gasteiger partial charge in [0, 0.05) is 36.0 Å². The van der Waals surface area contributed by atoms with Crippen molar-refractivity contribution >= 4 is 0 Å². The maximum absolute atomic E-state index is 13.7. The lowest BCUT2D eigenvalue weighted by molar-refractivity contribution is 0.448. The van der Waals surface area contributed by atoms with E-state index in [1.54, 1.807) is 17.8 Å². The smallest absolute Gasteiger partial charge is 0.130 e.